The summed E-state index contributed by atoms with van der Waals surface area (Å²) >= 11 is 1.30. The fraction of sp³-hybridized carbons (Fsp3) is 0.147. The van der Waals surface area contributed by atoms with Gasteiger partial charge in [0.15, 0.2) is 4.80 Å². The van der Waals surface area contributed by atoms with Gasteiger partial charge in [0, 0.05) is 5.56 Å². The fourth-order valence-corrected chi connectivity index (χ4v) is 6.23. The van der Waals surface area contributed by atoms with Gasteiger partial charge in [-0.05, 0) is 47.9 Å². The van der Waals surface area contributed by atoms with Crippen molar-refractivity contribution < 1.29 is 14.3 Å². The number of carbonyl (C=O) groups excluding carboxylic acids is 1. The third-order valence-corrected chi connectivity index (χ3v) is 8.08. The highest BCUT2D eigenvalue weighted by Gasteiger charge is 2.33. The van der Waals surface area contributed by atoms with Crippen LogP contribution < -0.4 is 19.6 Å². The van der Waals surface area contributed by atoms with Crippen LogP contribution in [0.2, 0.25) is 0 Å². The number of esters is 1. The number of nitrogens with zero attached hydrogens (tertiary/aromatic N) is 2. The fourth-order valence-electron chi connectivity index (χ4n) is 5.19. The van der Waals surface area contributed by atoms with E-state index in [0.29, 0.717) is 33.0 Å². The predicted octanol–water partition coefficient (Wildman–Crippen LogP) is 5.53. The highest BCUT2D eigenvalue weighted by Crippen LogP contribution is 2.30. The van der Waals surface area contributed by atoms with Gasteiger partial charge in [-0.15, -0.1) is 0 Å². The maximum atomic E-state index is 13.9. The van der Waals surface area contributed by atoms with Crippen molar-refractivity contribution in [1.82, 2.24) is 4.57 Å². The minimum atomic E-state index is -0.633. The summed E-state index contributed by atoms with van der Waals surface area (Å²) < 4.78 is 13.8. The average molecular weight is 561 g/mol. The Morgan fingerprint density at radius 3 is 2.51 bits per heavy atom. The molecule has 0 N–H and O–H groups in total. The summed E-state index contributed by atoms with van der Waals surface area (Å²) in [7, 11) is 0. The van der Waals surface area contributed by atoms with Crippen LogP contribution in [0.5, 0.6) is 5.75 Å². The Morgan fingerprint density at radius 1 is 0.951 bits per heavy atom. The molecule has 7 heteroatoms. The van der Waals surface area contributed by atoms with Gasteiger partial charge in [-0.1, -0.05) is 102 Å². The Morgan fingerprint density at radius 2 is 1.68 bits per heavy atom. The third kappa shape index (κ3) is 5.12. The van der Waals surface area contributed by atoms with Gasteiger partial charge >= 0.3 is 5.97 Å². The van der Waals surface area contributed by atoms with Gasteiger partial charge in [0.2, 0.25) is 0 Å². The van der Waals surface area contributed by atoms with Crippen LogP contribution in [-0.2, 0) is 16.1 Å². The second-order valence-electron chi connectivity index (χ2n) is 9.68. The van der Waals surface area contributed by atoms with E-state index < -0.39 is 12.0 Å². The second-order valence-corrected chi connectivity index (χ2v) is 10.7. The normalized spacial score (nSPS) is 15.0. The molecule has 4 aromatic carbocycles. The van der Waals surface area contributed by atoms with E-state index in [1.54, 1.807) is 18.4 Å². The maximum absolute atomic E-state index is 13.9. The first kappa shape index (κ1) is 26.5. The summed E-state index contributed by atoms with van der Waals surface area (Å²) in [5.41, 5.74) is 3.38. The van der Waals surface area contributed by atoms with Gasteiger partial charge in [-0.3, -0.25) is 9.36 Å². The topological polar surface area (TPSA) is 69.9 Å². The number of para-hydroxylation sites is 1. The first-order chi connectivity index (χ1) is 20.0. The van der Waals surface area contributed by atoms with E-state index in [2.05, 4.69) is 29.3 Å². The molecule has 0 saturated carbocycles. The largest absolute Gasteiger partial charge is 0.488 e. The van der Waals surface area contributed by atoms with Gasteiger partial charge in [0.25, 0.3) is 5.56 Å². The maximum Gasteiger partial charge on any atom is 0.338 e. The lowest BCUT2D eigenvalue weighted by atomic mass is 9.96. The van der Waals surface area contributed by atoms with Crippen molar-refractivity contribution in [3.8, 4) is 5.75 Å². The van der Waals surface area contributed by atoms with Crippen LogP contribution in [0.4, 0.5) is 0 Å². The molecule has 6 nitrogen and oxygen atoms in total. The van der Waals surface area contributed by atoms with E-state index in [1.165, 1.54) is 11.3 Å². The van der Waals surface area contributed by atoms with Gasteiger partial charge in [0.1, 0.15) is 12.4 Å². The molecule has 1 atom stereocenters. The molecule has 0 radical (unpaired) electrons. The summed E-state index contributed by atoms with van der Waals surface area (Å²) in [6.07, 6.45) is 1.84. The van der Waals surface area contributed by atoms with Gasteiger partial charge in [0.05, 0.1) is 28.5 Å². The summed E-state index contributed by atoms with van der Waals surface area (Å²) in [6.45, 7) is 4.18. The Balaban J connectivity index is 1.41. The minimum Gasteiger partial charge on any atom is -0.488 e. The van der Waals surface area contributed by atoms with E-state index in [-0.39, 0.29) is 12.2 Å². The molecular weight excluding hydrogens is 532 g/mol. The van der Waals surface area contributed by atoms with E-state index in [4.69, 9.17) is 9.47 Å². The van der Waals surface area contributed by atoms with E-state index in [9.17, 15) is 9.59 Å². The molecule has 1 aliphatic rings. The molecule has 1 aliphatic heterocycles. The lowest BCUT2D eigenvalue weighted by Gasteiger charge is -2.24. The number of aromatic nitrogens is 1. The molecule has 0 saturated heterocycles. The van der Waals surface area contributed by atoms with Crippen LogP contribution in [0.1, 0.15) is 36.6 Å². The van der Waals surface area contributed by atoms with Crippen molar-refractivity contribution in [2.24, 2.45) is 4.99 Å². The van der Waals surface area contributed by atoms with Gasteiger partial charge in [-0.25, -0.2) is 9.79 Å². The van der Waals surface area contributed by atoms with E-state index in [1.807, 2.05) is 78.9 Å². The molecule has 0 unspecified atom stereocenters. The molecule has 0 amide bonds. The average Bonchev–Trinajstić information content (AvgIpc) is 3.30. The van der Waals surface area contributed by atoms with Crippen LogP contribution in [0.15, 0.2) is 118 Å². The Kier molecular flexibility index (Phi) is 7.35. The standard InChI is InChI=1S/C34H28N2O4S/c1-3-39-33(38)30-22(2)35-34-36(31(30)24-13-5-4-6-14-24)32(37)29(41-34)20-25-15-8-10-19-28(25)40-21-26-17-11-16-23-12-7-9-18-27(23)26/h4-20,31H,3,21H2,1-2H3/b29-20-/t31-/m1/s1. The number of allylic oxidation sites excluding steroid dienone is 1. The quantitative estimate of drug-likeness (QED) is 0.246. The molecule has 41 heavy (non-hydrogen) atoms. The van der Waals surface area contributed by atoms with Gasteiger partial charge in [-0.2, -0.15) is 0 Å². The third-order valence-electron chi connectivity index (χ3n) is 7.10. The number of benzene rings is 4. The molecule has 0 bridgehead atoms. The molecule has 2 heterocycles. The highest BCUT2D eigenvalue weighted by molar-refractivity contribution is 7.07. The second kappa shape index (κ2) is 11.4. The number of hydrogen-bond acceptors (Lipinski definition) is 6. The van der Waals surface area contributed by atoms with Crippen LogP contribution in [0, 0.1) is 0 Å². The van der Waals surface area contributed by atoms with Crippen molar-refractivity contribution in [3.05, 3.63) is 145 Å². The van der Waals surface area contributed by atoms with Crippen molar-refractivity contribution in [2.45, 2.75) is 26.5 Å². The van der Waals surface area contributed by atoms with Crippen LogP contribution in [0.3, 0.4) is 0 Å². The Bertz CT molecular complexity index is 1970. The molecule has 1 aromatic heterocycles. The molecule has 5 aromatic rings. The molecule has 6 rings (SSSR count). The number of rotatable bonds is 7. The number of carbonyl (C=O) groups is 1. The summed E-state index contributed by atoms with van der Waals surface area (Å²) in [5.74, 6) is 0.207. The number of hydrogen-bond donors (Lipinski definition) is 0. The molecule has 0 spiro atoms. The lowest BCUT2D eigenvalue weighted by Crippen LogP contribution is -2.39. The minimum absolute atomic E-state index is 0.222. The Labute approximate surface area is 241 Å². The number of ether oxygens (including phenoxy) is 2. The van der Waals surface area contributed by atoms with Crippen molar-refractivity contribution in [1.29, 1.82) is 0 Å². The van der Waals surface area contributed by atoms with Crippen LogP contribution in [-0.4, -0.2) is 17.1 Å². The summed E-state index contributed by atoms with van der Waals surface area (Å²) in [6, 6.07) is 31.0. The van der Waals surface area contributed by atoms with Crippen molar-refractivity contribution in [2.75, 3.05) is 6.61 Å². The van der Waals surface area contributed by atoms with Crippen molar-refractivity contribution >= 4 is 34.2 Å². The van der Waals surface area contributed by atoms with E-state index >= 15 is 0 Å². The zero-order valence-corrected chi connectivity index (χ0v) is 23.6. The predicted molar refractivity (Wildman–Crippen MR) is 162 cm³/mol. The molecule has 0 aliphatic carbocycles. The Hall–Kier alpha value is -4.75. The summed E-state index contributed by atoms with van der Waals surface area (Å²) in [5, 5.41) is 2.31. The highest BCUT2D eigenvalue weighted by atomic mass is 32.1. The van der Waals surface area contributed by atoms with Gasteiger partial charge < -0.3 is 9.47 Å². The zero-order chi connectivity index (χ0) is 28.3. The lowest BCUT2D eigenvalue weighted by molar-refractivity contribution is -0.139. The molecular formula is C34H28N2O4S. The van der Waals surface area contributed by atoms with Crippen molar-refractivity contribution in [3.63, 3.8) is 0 Å². The summed E-state index contributed by atoms with van der Waals surface area (Å²) in [4.78, 5) is 32.2. The van der Waals surface area contributed by atoms with Crippen LogP contribution >= 0.6 is 11.3 Å². The van der Waals surface area contributed by atoms with Crippen LogP contribution in [0.25, 0.3) is 16.8 Å². The SMILES string of the molecule is CCOC(=O)C1=C(C)N=c2s/c(=C\c3ccccc3OCc3cccc4ccccc34)c(=O)n2[C@@H]1c1ccccc1. The number of fused-ring (bicyclic) bond motifs is 2. The molecule has 204 valence electrons. The zero-order valence-electron chi connectivity index (χ0n) is 22.7. The smallest absolute Gasteiger partial charge is 0.338 e. The number of thiazole rings is 1. The first-order valence-corrected chi connectivity index (χ1v) is 14.3. The molecule has 0 fully saturated rings. The first-order valence-electron chi connectivity index (χ1n) is 13.5. The van der Waals surface area contributed by atoms with E-state index in [0.717, 1.165) is 27.5 Å². The monoisotopic (exact) mass is 560 g/mol.